The van der Waals surface area contributed by atoms with E-state index in [9.17, 15) is 26.4 Å². The minimum atomic E-state index is -4.38. The zero-order chi connectivity index (χ0) is 14.4. The van der Waals surface area contributed by atoms with E-state index in [0.717, 1.165) is 11.4 Å². The van der Waals surface area contributed by atoms with E-state index in [1.165, 1.54) is 6.92 Å². The zero-order valence-corrected chi connectivity index (χ0v) is 11.0. The minimum Gasteiger partial charge on any atom is -0.468 e. The maximum absolute atomic E-state index is 11.9. The molecule has 0 aromatic heterocycles. The van der Waals surface area contributed by atoms with Crippen molar-refractivity contribution in [3.05, 3.63) is 0 Å². The predicted molar refractivity (Wildman–Crippen MR) is 58.3 cm³/mol. The highest BCUT2D eigenvalue weighted by Crippen LogP contribution is 2.22. The van der Waals surface area contributed by atoms with Gasteiger partial charge in [-0.2, -0.15) is 17.5 Å². The lowest BCUT2D eigenvalue weighted by Gasteiger charge is -2.19. The van der Waals surface area contributed by atoms with Gasteiger partial charge in [0.1, 0.15) is 6.54 Å². The molecule has 0 saturated carbocycles. The summed E-state index contributed by atoms with van der Waals surface area (Å²) in [7, 11) is -2.76. The van der Waals surface area contributed by atoms with Gasteiger partial charge < -0.3 is 4.74 Å². The van der Waals surface area contributed by atoms with Crippen molar-refractivity contribution in [3.63, 3.8) is 0 Å². The standard InChI is InChI=1S/C9H16F3NO4S/c1-3-13(7-8(14)17-2)18(15,16)6-4-5-9(10,11)12/h3-7H2,1-2H3. The second kappa shape index (κ2) is 6.93. The van der Waals surface area contributed by atoms with Gasteiger partial charge in [-0.05, 0) is 6.42 Å². The largest absolute Gasteiger partial charge is 0.468 e. The Labute approximate surface area is 104 Å². The van der Waals surface area contributed by atoms with Crippen LogP contribution in [0.3, 0.4) is 0 Å². The normalized spacial score (nSPS) is 12.8. The number of rotatable bonds is 7. The summed E-state index contributed by atoms with van der Waals surface area (Å²) < 4.78 is 64.1. The first-order chi connectivity index (χ1) is 8.12. The molecule has 0 unspecified atom stereocenters. The number of nitrogens with zero attached hydrogens (tertiary/aromatic N) is 1. The van der Waals surface area contributed by atoms with Crippen molar-refractivity contribution in [3.8, 4) is 0 Å². The lowest BCUT2D eigenvalue weighted by molar-refractivity contribution is -0.141. The molecule has 0 heterocycles. The highest BCUT2D eigenvalue weighted by Gasteiger charge is 2.29. The average Bonchev–Trinajstić information content (AvgIpc) is 2.22. The molecule has 0 bridgehead atoms. The van der Waals surface area contributed by atoms with E-state index in [1.807, 2.05) is 0 Å². The Morgan fingerprint density at radius 1 is 1.33 bits per heavy atom. The van der Waals surface area contributed by atoms with Crippen molar-refractivity contribution in [2.24, 2.45) is 0 Å². The van der Waals surface area contributed by atoms with Gasteiger partial charge in [0.05, 0.1) is 12.9 Å². The Hall–Kier alpha value is -0.830. The SMILES string of the molecule is CCN(CC(=O)OC)S(=O)(=O)CCCC(F)(F)F. The van der Waals surface area contributed by atoms with E-state index in [-0.39, 0.29) is 6.54 Å². The number of ether oxygens (including phenoxy) is 1. The van der Waals surface area contributed by atoms with E-state index in [2.05, 4.69) is 4.74 Å². The van der Waals surface area contributed by atoms with E-state index in [0.29, 0.717) is 0 Å². The fraction of sp³-hybridized carbons (Fsp3) is 0.889. The van der Waals surface area contributed by atoms with Crippen LogP contribution in [0.2, 0.25) is 0 Å². The molecule has 0 aliphatic heterocycles. The molecule has 0 aliphatic carbocycles. The van der Waals surface area contributed by atoms with E-state index in [1.54, 1.807) is 0 Å². The fourth-order valence-electron chi connectivity index (χ4n) is 1.20. The Kier molecular flexibility index (Phi) is 6.61. The number of esters is 1. The van der Waals surface area contributed by atoms with Crippen LogP contribution in [0.4, 0.5) is 13.2 Å². The van der Waals surface area contributed by atoms with Crippen molar-refractivity contribution in [1.29, 1.82) is 0 Å². The first kappa shape index (κ1) is 17.2. The first-order valence-corrected chi connectivity index (χ1v) is 6.84. The van der Waals surface area contributed by atoms with Crippen LogP contribution in [0.15, 0.2) is 0 Å². The number of halogens is 3. The number of methoxy groups -OCH3 is 1. The smallest absolute Gasteiger partial charge is 0.389 e. The monoisotopic (exact) mass is 291 g/mol. The maximum atomic E-state index is 11.9. The third kappa shape index (κ3) is 6.80. The Morgan fingerprint density at radius 2 is 1.89 bits per heavy atom. The molecule has 108 valence electrons. The molecule has 18 heavy (non-hydrogen) atoms. The molecule has 0 aliphatic rings. The summed E-state index contributed by atoms with van der Waals surface area (Å²) in [5.41, 5.74) is 0. The van der Waals surface area contributed by atoms with Crippen molar-refractivity contribution in [2.45, 2.75) is 25.9 Å². The topological polar surface area (TPSA) is 63.7 Å². The number of carbonyl (C=O) groups excluding carboxylic acids is 1. The van der Waals surface area contributed by atoms with Crippen LogP contribution in [-0.2, 0) is 19.6 Å². The molecule has 0 rings (SSSR count). The van der Waals surface area contributed by atoms with Crippen LogP contribution in [0, 0.1) is 0 Å². The quantitative estimate of drug-likeness (QED) is 0.660. The molecular weight excluding hydrogens is 275 g/mol. The van der Waals surface area contributed by atoms with Gasteiger partial charge in [-0.1, -0.05) is 6.92 Å². The van der Waals surface area contributed by atoms with Gasteiger partial charge in [0.25, 0.3) is 0 Å². The van der Waals surface area contributed by atoms with Crippen molar-refractivity contribution < 1.29 is 31.1 Å². The van der Waals surface area contributed by atoms with Crippen LogP contribution < -0.4 is 0 Å². The molecule has 0 saturated heterocycles. The molecule has 0 aromatic rings. The summed E-state index contributed by atoms with van der Waals surface area (Å²) in [6.45, 7) is 1.01. The summed E-state index contributed by atoms with van der Waals surface area (Å²) in [5.74, 6) is -1.39. The van der Waals surface area contributed by atoms with Gasteiger partial charge >= 0.3 is 12.1 Å². The van der Waals surface area contributed by atoms with Gasteiger partial charge in [0, 0.05) is 13.0 Å². The van der Waals surface area contributed by atoms with Crippen LogP contribution in [0.5, 0.6) is 0 Å². The van der Waals surface area contributed by atoms with E-state index in [4.69, 9.17) is 0 Å². The molecule has 0 fully saturated rings. The van der Waals surface area contributed by atoms with E-state index >= 15 is 0 Å². The highest BCUT2D eigenvalue weighted by atomic mass is 32.2. The van der Waals surface area contributed by atoms with Gasteiger partial charge in [-0.3, -0.25) is 4.79 Å². The molecular formula is C9H16F3NO4S. The molecule has 0 N–H and O–H groups in total. The fourth-order valence-corrected chi connectivity index (χ4v) is 2.66. The predicted octanol–water partition coefficient (Wildman–Crippen LogP) is 1.15. The second-order valence-corrected chi connectivity index (χ2v) is 5.63. The molecule has 0 atom stereocenters. The summed E-state index contributed by atoms with van der Waals surface area (Å²) in [4.78, 5) is 11.0. The molecule has 0 aromatic carbocycles. The third-order valence-electron chi connectivity index (χ3n) is 2.14. The van der Waals surface area contributed by atoms with Crippen molar-refractivity contribution >= 4 is 16.0 Å². The number of hydrogen-bond donors (Lipinski definition) is 0. The number of carbonyl (C=O) groups is 1. The van der Waals surface area contributed by atoms with Crippen molar-refractivity contribution in [1.82, 2.24) is 4.31 Å². The summed E-state index contributed by atoms with van der Waals surface area (Å²) in [6, 6.07) is 0. The van der Waals surface area contributed by atoms with Gasteiger partial charge in [0.2, 0.25) is 10.0 Å². The molecule has 5 nitrogen and oxygen atoms in total. The Bertz CT molecular complexity index is 366. The molecule has 0 spiro atoms. The van der Waals surface area contributed by atoms with Gasteiger partial charge in [0.15, 0.2) is 0 Å². The number of likely N-dealkylation sites (N-methyl/N-ethyl adjacent to an activating group) is 1. The third-order valence-corrected chi connectivity index (χ3v) is 4.12. The van der Waals surface area contributed by atoms with Crippen LogP contribution in [0.1, 0.15) is 19.8 Å². The maximum Gasteiger partial charge on any atom is 0.389 e. The molecule has 0 radical (unpaired) electrons. The van der Waals surface area contributed by atoms with Gasteiger partial charge in [-0.15, -0.1) is 0 Å². The van der Waals surface area contributed by atoms with Crippen LogP contribution >= 0.6 is 0 Å². The number of hydrogen-bond acceptors (Lipinski definition) is 4. The number of alkyl halides is 3. The van der Waals surface area contributed by atoms with E-state index < -0.39 is 47.3 Å². The minimum absolute atomic E-state index is 0.00342. The van der Waals surface area contributed by atoms with Crippen LogP contribution in [0.25, 0.3) is 0 Å². The first-order valence-electron chi connectivity index (χ1n) is 5.23. The lowest BCUT2D eigenvalue weighted by Crippen LogP contribution is -2.37. The Balaban J connectivity index is 4.45. The number of sulfonamides is 1. The highest BCUT2D eigenvalue weighted by molar-refractivity contribution is 7.89. The van der Waals surface area contributed by atoms with Gasteiger partial charge in [-0.25, -0.2) is 8.42 Å². The average molecular weight is 291 g/mol. The zero-order valence-electron chi connectivity index (χ0n) is 10.2. The molecule has 0 amide bonds. The summed E-state index contributed by atoms with van der Waals surface area (Å²) in [6.07, 6.45) is -6.07. The summed E-state index contributed by atoms with van der Waals surface area (Å²) >= 11 is 0. The molecule has 9 heteroatoms. The Morgan fingerprint density at radius 3 is 2.28 bits per heavy atom. The summed E-state index contributed by atoms with van der Waals surface area (Å²) in [5, 5.41) is 0. The second-order valence-electron chi connectivity index (χ2n) is 3.54. The van der Waals surface area contributed by atoms with Crippen LogP contribution in [-0.4, -0.2) is 50.8 Å². The lowest BCUT2D eigenvalue weighted by atomic mass is 10.3. The van der Waals surface area contributed by atoms with Crippen molar-refractivity contribution in [2.75, 3.05) is 26.0 Å².